The molecule has 1 aromatic carbocycles. The van der Waals surface area contributed by atoms with E-state index in [0.717, 1.165) is 5.56 Å². The average Bonchev–Trinajstić information content (AvgIpc) is 3.21. The molecule has 2 aromatic rings. The lowest BCUT2D eigenvalue weighted by Crippen LogP contribution is -2.51. The normalized spacial score (nSPS) is 12.3. The number of hydrogen-bond acceptors (Lipinski definition) is 9. The molecule has 12 heteroatoms. The third-order valence-corrected chi connectivity index (χ3v) is 5.35. The highest BCUT2D eigenvalue weighted by atomic mass is 32.2. The maximum atomic E-state index is 12.6. The first kappa shape index (κ1) is 27.6. The Morgan fingerprint density at radius 1 is 1.26 bits per heavy atom. The highest BCUT2D eigenvalue weighted by molar-refractivity contribution is 7.98. The van der Waals surface area contributed by atoms with Crippen molar-refractivity contribution in [2.75, 3.05) is 32.6 Å². The lowest BCUT2D eigenvalue weighted by molar-refractivity contribution is -0.126. The van der Waals surface area contributed by atoms with E-state index in [1.165, 1.54) is 11.8 Å². The van der Waals surface area contributed by atoms with Crippen LogP contribution in [-0.2, 0) is 27.4 Å². The van der Waals surface area contributed by atoms with E-state index >= 15 is 0 Å². The summed E-state index contributed by atoms with van der Waals surface area (Å²) in [7, 11) is 0. The van der Waals surface area contributed by atoms with Gasteiger partial charge in [0.25, 0.3) is 0 Å². The summed E-state index contributed by atoms with van der Waals surface area (Å²) in [4.78, 5) is 24.4. The van der Waals surface area contributed by atoms with Crippen LogP contribution in [0.25, 0.3) is 0 Å². The molecule has 0 fully saturated rings. The van der Waals surface area contributed by atoms with Gasteiger partial charge in [-0.15, -0.1) is 10.2 Å². The molecule has 34 heavy (non-hydrogen) atoms. The number of amides is 2. The fraction of sp³-hybridized carbons (Fsp3) is 0.545. The Morgan fingerprint density at radius 3 is 2.65 bits per heavy atom. The number of thioether (sulfide) groups is 1. The fourth-order valence-corrected chi connectivity index (χ4v) is 3.39. The number of nitrogens with two attached hydrogens (primary N) is 1. The number of carbonyl (C=O) groups excluding carboxylic acids is 2. The van der Waals surface area contributed by atoms with Crippen LogP contribution in [0.5, 0.6) is 0 Å². The molecular weight excluding hydrogens is 460 g/mol. The van der Waals surface area contributed by atoms with Gasteiger partial charge in [0.15, 0.2) is 11.0 Å². The average molecular weight is 495 g/mol. The van der Waals surface area contributed by atoms with E-state index in [2.05, 4.69) is 20.8 Å². The minimum absolute atomic E-state index is 0.0134. The van der Waals surface area contributed by atoms with Crippen molar-refractivity contribution in [1.29, 1.82) is 0 Å². The molecule has 188 valence electrons. The van der Waals surface area contributed by atoms with Gasteiger partial charge in [-0.1, -0.05) is 42.1 Å². The summed E-state index contributed by atoms with van der Waals surface area (Å²) in [6.45, 7) is 4.40. The predicted octanol–water partition coefficient (Wildman–Crippen LogP) is 1.22. The van der Waals surface area contributed by atoms with E-state index in [1.54, 1.807) is 18.4 Å². The number of rotatable bonds is 14. The minimum Gasteiger partial charge on any atom is -0.448 e. The summed E-state index contributed by atoms with van der Waals surface area (Å²) < 4.78 is 12.9. The SMILES string of the molecule is CSc1nnc([C@@H](COCc2ccccc2)NC(=O)C(C)(C)N)n1CCOC(=O)NCCCO. The van der Waals surface area contributed by atoms with Gasteiger partial charge in [-0.2, -0.15) is 0 Å². The Hall–Kier alpha value is -2.67. The van der Waals surface area contributed by atoms with Crippen LogP contribution in [0.1, 0.15) is 37.7 Å². The zero-order valence-electron chi connectivity index (χ0n) is 19.8. The molecular formula is C22H34N6O5S. The largest absolute Gasteiger partial charge is 0.448 e. The Morgan fingerprint density at radius 2 is 2.00 bits per heavy atom. The van der Waals surface area contributed by atoms with E-state index < -0.39 is 17.7 Å². The second-order valence-electron chi connectivity index (χ2n) is 8.08. The first-order chi connectivity index (χ1) is 16.3. The highest BCUT2D eigenvalue weighted by Crippen LogP contribution is 2.20. The number of nitrogens with zero attached hydrogens (tertiary/aromatic N) is 3. The molecule has 2 amide bonds. The zero-order chi connectivity index (χ0) is 25.0. The molecule has 0 radical (unpaired) electrons. The molecule has 0 saturated carbocycles. The Kier molecular flexibility index (Phi) is 11.3. The summed E-state index contributed by atoms with van der Waals surface area (Å²) >= 11 is 1.38. The lowest BCUT2D eigenvalue weighted by atomic mass is 10.1. The Labute approximate surface area is 203 Å². The van der Waals surface area contributed by atoms with Crippen LogP contribution >= 0.6 is 11.8 Å². The molecule has 0 bridgehead atoms. The molecule has 0 saturated heterocycles. The number of benzene rings is 1. The van der Waals surface area contributed by atoms with Gasteiger partial charge >= 0.3 is 6.09 Å². The third-order valence-electron chi connectivity index (χ3n) is 4.68. The lowest BCUT2D eigenvalue weighted by Gasteiger charge is -2.24. The fourth-order valence-electron chi connectivity index (χ4n) is 2.86. The van der Waals surface area contributed by atoms with E-state index in [0.29, 0.717) is 30.6 Å². The van der Waals surface area contributed by atoms with Crippen LogP contribution in [-0.4, -0.2) is 70.0 Å². The van der Waals surface area contributed by atoms with Crippen molar-refractivity contribution in [3.05, 3.63) is 41.7 Å². The van der Waals surface area contributed by atoms with Crippen molar-refractivity contribution in [1.82, 2.24) is 25.4 Å². The van der Waals surface area contributed by atoms with Gasteiger partial charge in [0, 0.05) is 13.2 Å². The zero-order valence-corrected chi connectivity index (χ0v) is 20.6. The summed E-state index contributed by atoms with van der Waals surface area (Å²) in [5.74, 6) is 0.111. The number of alkyl carbamates (subject to hydrolysis) is 1. The molecule has 1 heterocycles. The number of ether oxygens (including phenoxy) is 2. The Bertz CT molecular complexity index is 903. The van der Waals surface area contributed by atoms with Gasteiger partial charge in [-0.3, -0.25) is 4.79 Å². The smallest absolute Gasteiger partial charge is 0.407 e. The van der Waals surface area contributed by atoms with E-state index in [4.69, 9.17) is 20.3 Å². The summed E-state index contributed by atoms with van der Waals surface area (Å²) in [6, 6.07) is 9.07. The number of aliphatic hydroxyl groups excluding tert-OH is 1. The number of aliphatic hydroxyl groups is 1. The quantitative estimate of drug-likeness (QED) is 0.224. The van der Waals surface area contributed by atoms with Crippen LogP contribution < -0.4 is 16.4 Å². The number of nitrogens with one attached hydrogen (secondary N) is 2. The number of aromatic nitrogens is 3. The van der Waals surface area contributed by atoms with Gasteiger partial charge in [0.1, 0.15) is 12.6 Å². The molecule has 11 nitrogen and oxygen atoms in total. The summed E-state index contributed by atoms with van der Waals surface area (Å²) in [6.07, 6.45) is 1.73. The molecule has 0 aliphatic heterocycles. The second kappa shape index (κ2) is 13.9. The van der Waals surface area contributed by atoms with Gasteiger partial charge in [0.2, 0.25) is 5.91 Å². The topological polar surface area (TPSA) is 154 Å². The van der Waals surface area contributed by atoms with Gasteiger partial charge in [0.05, 0.1) is 25.3 Å². The van der Waals surface area contributed by atoms with Gasteiger partial charge in [-0.25, -0.2) is 4.79 Å². The molecule has 0 unspecified atom stereocenters. The predicted molar refractivity (Wildman–Crippen MR) is 128 cm³/mol. The van der Waals surface area contributed by atoms with Crippen molar-refractivity contribution in [2.45, 2.75) is 50.2 Å². The minimum atomic E-state index is -1.10. The van der Waals surface area contributed by atoms with Crippen LogP contribution in [0.3, 0.4) is 0 Å². The first-order valence-electron chi connectivity index (χ1n) is 11.0. The van der Waals surface area contributed by atoms with Crippen LogP contribution in [0.4, 0.5) is 4.79 Å². The molecule has 1 atom stereocenters. The summed E-state index contributed by atoms with van der Waals surface area (Å²) in [5.41, 5.74) is 5.88. The Balaban J connectivity index is 2.12. The summed E-state index contributed by atoms with van der Waals surface area (Å²) in [5, 5.41) is 23.4. The molecule has 2 rings (SSSR count). The molecule has 0 aliphatic rings. The van der Waals surface area contributed by atoms with E-state index in [9.17, 15) is 9.59 Å². The maximum Gasteiger partial charge on any atom is 0.407 e. The standard InChI is InChI=1S/C22H34N6O5S/c1-22(2,23)19(30)25-17(15-32-14-16-8-5-4-6-9-16)18-26-27-20(34-3)28(18)11-13-33-21(31)24-10-7-12-29/h4-6,8-9,17,29H,7,10-15,23H2,1-3H3,(H,24,31)(H,25,30)/t17-/m1/s1. The maximum absolute atomic E-state index is 12.6. The van der Waals surface area contributed by atoms with Crippen LogP contribution in [0.15, 0.2) is 35.5 Å². The molecule has 5 N–H and O–H groups in total. The van der Waals surface area contributed by atoms with E-state index in [-0.39, 0.29) is 32.3 Å². The van der Waals surface area contributed by atoms with Crippen molar-refractivity contribution >= 4 is 23.8 Å². The monoisotopic (exact) mass is 494 g/mol. The van der Waals surface area contributed by atoms with Crippen molar-refractivity contribution in [3.63, 3.8) is 0 Å². The number of carbonyl (C=O) groups is 2. The number of hydrogen-bond donors (Lipinski definition) is 4. The van der Waals surface area contributed by atoms with Gasteiger partial charge < -0.3 is 35.5 Å². The van der Waals surface area contributed by atoms with Crippen molar-refractivity contribution in [2.24, 2.45) is 5.73 Å². The molecule has 0 aliphatic carbocycles. The van der Waals surface area contributed by atoms with Crippen molar-refractivity contribution in [3.8, 4) is 0 Å². The van der Waals surface area contributed by atoms with Crippen molar-refractivity contribution < 1.29 is 24.2 Å². The molecule has 0 spiro atoms. The third kappa shape index (κ3) is 8.93. The first-order valence-corrected chi connectivity index (χ1v) is 12.2. The van der Waals surface area contributed by atoms with Crippen LogP contribution in [0, 0.1) is 0 Å². The molecule has 1 aromatic heterocycles. The second-order valence-corrected chi connectivity index (χ2v) is 8.86. The van der Waals surface area contributed by atoms with E-state index in [1.807, 2.05) is 36.6 Å². The highest BCUT2D eigenvalue weighted by Gasteiger charge is 2.29. The van der Waals surface area contributed by atoms with Gasteiger partial charge in [-0.05, 0) is 32.1 Å². The van der Waals surface area contributed by atoms with Crippen LogP contribution in [0.2, 0.25) is 0 Å².